The van der Waals surface area contributed by atoms with E-state index in [1.807, 2.05) is 0 Å². The SMILES string of the molecule is COC(=O)CC[N+]1(C)CCOCC1.O=S(=O)([O-])C(F)(F)F. The molecule has 0 spiro atoms. The van der Waals surface area contributed by atoms with Crippen LogP contribution in [0.3, 0.4) is 0 Å². The Kier molecular flexibility index (Phi) is 7.57. The molecule has 0 aliphatic carbocycles. The molecule has 1 aliphatic rings. The lowest BCUT2D eigenvalue weighted by Crippen LogP contribution is -2.52. The van der Waals surface area contributed by atoms with E-state index in [1.165, 1.54) is 7.11 Å². The van der Waals surface area contributed by atoms with Crippen LogP contribution < -0.4 is 0 Å². The van der Waals surface area contributed by atoms with Crippen molar-refractivity contribution in [3.05, 3.63) is 0 Å². The van der Waals surface area contributed by atoms with Crippen LogP contribution in [0.4, 0.5) is 13.2 Å². The minimum atomic E-state index is -6.09. The highest BCUT2D eigenvalue weighted by Gasteiger charge is 2.36. The van der Waals surface area contributed by atoms with Crippen molar-refractivity contribution >= 4 is 16.1 Å². The number of hydrogen-bond donors (Lipinski definition) is 0. The highest BCUT2D eigenvalue weighted by atomic mass is 32.2. The van der Waals surface area contributed by atoms with Crippen molar-refractivity contribution < 1.29 is 44.9 Å². The zero-order valence-electron chi connectivity index (χ0n) is 11.7. The van der Waals surface area contributed by atoms with E-state index in [9.17, 15) is 18.0 Å². The van der Waals surface area contributed by atoms with Gasteiger partial charge in [-0.25, -0.2) is 8.42 Å². The quantitative estimate of drug-likeness (QED) is 0.313. The molecular formula is C10H18F3NO6S. The number of rotatable bonds is 3. The molecule has 0 N–H and O–H groups in total. The van der Waals surface area contributed by atoms with E-state index >= 15 is 0 Å². The summed E-state index contributed by atoms with van der Waals surface area (Å²) in [5.41, 5.74) is -5.65. The maximum atomic E-state index is 10.9. The maximum Gasteiger partial charge on any atom is 0.485 e. The van der Waals surface area contributed by atoms with Crippen LogP contribution in [0.2, 0.25) is 0 Å². The lowest BCUT2D eigenvalue weighted by Gasteiger charge is -2.37. The number of likely N-dealkylation sites (N-methyl/N-ethyl adjacent to an activating group) is 1. The normalized spacial score (nSPS) is 18.4. The van der Waals surface area contributed by atoms with E-state index in [4.69, 9.17) is 17.7 Å². The average molecular weight is 337 g/mol. The molecule has 1 saturated heterocycles. The van der Waals surface area contributed by atoms with Gasteiger partial charge in [0.15, 0.2) is 10.1 Å². The summed E-state index contributed by atoms with van der Waals surface area (Å²) >= 11 is 0. The topological polar surface area (TPSA) is 92.7 Å². The summed E-state index contributed by atoms with van der Waals surface area (Å²) < 4.78 is 69.7. The number of halogens is 3. The van der Waals surface area contributed by atoms with Crippen molar-refractivity contribution in [3.8, 4) is 0 Å². The smallest absolute Gasteiger partial charge is 0.485 e. The number of carbonyl (C=O) groups excluding carboxylic acids is 1. The van der Waals surface area contributed by atoms with Gasteiger partial charge in [0.25, 0.3) is 0 Å². The molecule has 1 fully saturated rings. The Morgan fingerprint density at radius 3 is 2.10 bits per heavy atom. The first-order valence-corrected chi connectivity index (χ1v) is 7.32. The second kappa shape index (κ2) is 7.92. The van der Waals surface area contributed by atoms with Gasteiger partial charge in [-0.05, 0) is 0 Å². The predicted octanol–water partition coefficient (Wildman–Crippen LogP) is 0.0777. The summed E-state index contributed by atoms with van der Waals surface area (Å²) in [5, 5.41) is 0. The molecule has 0 bridgehead atoms. The largest absolute Gasteiger partial charge is 0.741 e. The molecule has 1 aliphatic heterocycles. The first-order valence-electron chi connectivity index (χ1n) is 5.91. The number of quaternary nitrogens is 1. The predicted molar refractivity (Wildman–Crippen MR) is 64.0 cm³/mol. The van der Waals surface area contributed by atoms with E-state index in [0.29, 0.717) is 6.42 Å². The monoisotopic (exact) mass is 337 g/mol. The number of methoxy groups -OCH3 is 1. The Hall–Kier alpha value is -0.910. The van der Waals surface area contributed by atoms with Crippen LogP contribution in [-0.2, 0) is 24.4 Å². The van der Waals surface area contributed by atoms with Gasteiger partial charge in [0, 0.05) is 0 Å². The van der Waals surface area contributed by atoms with Crippen molar-refractivity contribution in [2.45, 2.75) is 11.9 Å². The zero-order valence-corrected chi connectivity index (χ0v) is 12.5. The second-order valence-corrected chi connectivity index (χ2v) is 6.00. The number of nitrogens with zero attached hydrogens (tertiary/aromatic N) is 1. The van der Waals surface area contributed by atoms with Gasteiger partial charge in [-0.3, -0.25) is 4.79 Å². The first kappa shape index (κ1) is 20.1. The summed E-state index contributed by atoms with van der Waals surface area (Å²) in [7, 11) is -2.50. The molecule has 1 rings (SSSR count). The molecule has 126 valence electrons. The molecule has 11 heteroatoms. The molecule has 0 atom stereocenters. The fourth-order valence-electron chi connectivity index (χ4n) is 1.47. The van der Waals surface area contributed by atoms with Crippen LogP contribution in [-0.4, -0.2) is 75.9 Å². The molecule has 21 heavy (non-hydrogen) atoms. The van der Waals surface area contributed by atoms with Crippen molar-refractivity contribution in [2.75, 3.05) is 47.0 Å². The van der Waals surface area contributed by atoms with Gasteiger partial charge >= 0.3 is 11.5 Å². The van der Waals surface area contributed by atoms with E-state index in [0.717, 1.165) is 37.3 Å². The van der Waals surface area contributed by atoms with Crippen LogP contribution in [0.5, 0.6) is 0 Å². The standard InChI is InChI=1S/C9H18NO3.CHF3O3S/c1-10(4-3-9(11)12-2)5-7-13-8-6-10;2-1(3,4)8(5,6)7/h3-8H2,1-2H3;(H,5,6,7)/q+1;/p-1. The fourth-order valence-corrected chi connectivity index (χ4v) is 1.47. The average Bonchev–Trinajstić information content (AvgIpc) is 2.35. The molecule has 0 aromatic heterocycles. The Labute approximate surface area is 121 Å². The molecule has 0 saturated carbocycles. The van der Waals surface area contributed by atoms with Gasteiger partial charge in [0.05, 0.1) is 40.3 Å². The van der Waals surface area contributed by atoms with Gasteiger partial charge in [-0.1, -0.05) is 0 Å². The molecule has 7 nitrogen and oxygen atoms in total. The van der Waals surface area contributed by atoms with Crippen molar-refractivity contribution in [2.24, 2.45) is 0 Å². The number of morpholine rings is 1. The molecule has 0 aromatic rings. The van der Waals surface area contributed by atoms with E-state index < -0.39 is 15.6 Å². The van der Waals surface area contributed by atoms with E-state index in [-0.39, 0.29) is 5.97 Å². The van der Waals surface area contributed by atoms with Crippen molar-refractivity contribution in [1.29, 1.82) is 0 Å². The van der Waals surface area contributed by atoms with Crippen molar-refractivity contribution in [3.63, 3.8) is 0 Å². The molecule has 0 unspecified atom stereocenters. The van der Waals surface area contributed by atoms with Crippen molar-refractivity contribution in [1.82, 2.24) is 0 Å². The van der Waals surface area contributed by atoms with Crippen LogP contribution >= 0.6 is 0 Å². The van der Waals surface area contributed by atoms with Crippen LogP contribution in [0.1, 0.15) is 6.42 Å². The Balaban J connectivity index is 0.000000433. The highest BCUT2D eigenvalue weighted by Crippen LogP contribution is 2.20. The zero-order chi connectivity index (χ0) is 16.7. The maximum absolute atomic E-state index is 10.9. The molecule has 0 radical (unpaired) electrons. The van der Waals surface area contributed by atoms with Gasteiger partial charge < -0.3 is 18.5 Å². The number of hydrogen-bond acceptors (Lipinski definition) is 6. The minimum absolute atomic E-state index is 0.120. The summed E-state index contributed by atoms with van der Waals surface area (Å²) in [6.07, 6.45) is 0.507. The summed E-state index contributed by atoms with van der Waals surface area (Å²) in [6, 6.07) is 0. The lowest BCUT2D eigenvalue weighted by molar-refractivity contribution is -0.916. The Bertz CT molecular complexity index is 431. The van der Waals surface area contributed by atoms with E-state index in [1.54, 1.807) is 0 Å². The lowest BCUT2D eigenvalue weighted by atomic mass is 10.3. The van der Waals surface area contributed by atoms with Crippen LogP contribution in [0.15, 0.2) is 0 Å². The first-order chi connectivity index (χ1) is 9.41. The van der Waals surface area contributed by atoms with Gasteiger partial charge in [0.1, 0.15) is 13.1 Å². The van der Waals surface area contributed by atoms with Gasteiger partial charge in [0.2, 0.25) is 0 Å². The van der Waals surface area contributed by atoms with Crippen LogP contribution in [0.25, 0.3) is 0 Å². The third kappa shape index (κ3) is 8.19. The second-order valence-electron chi connectivity index (χ2n) is 4.63. The molecular weight excluding hydrogens is 319 g/mol. The number of ether oxygens (including phenoxy) is 2. The fraction of sp³-hybridized carbons (Fsp3) is 0.900. The summed E-state index contributed by atoms with van der Waals surface area (Å²) in [5.74, 6) is -0.120. The Morgan fingerprint density at radius 1 is 1.33 bits per heavy atom. The number of esters is 1. The van der Waals surface area contributed by atoms with Gasteiger partial charge in [-0.2, -0.15) is 13.2 Å². The highest BCUT2D eigenvalue weighted by molar-refractivity contribution is 7.86. The minimum Gasteiger partial charge on any atom is -0.741 e. The van der Waals surface area contributed by atoms with Gasteiger partial charge in [-0.15, -0.1) is 0 Å². The number of alkyl halides is 3. The molecule has 0 amide bonds. The van der Waals surface area contributed by atoms with E-state index in [2.05, 4.69) is 11.8 Å². The summed E-state index contributed by atoms with van der Waals surface area (Å²) in [6.45, 7) is 4.46. The molecule has 0 aromatic carbocycles. The Morgan fingerprint density at radius 2 is 1.76 bits per heavy atom. The third-order valence-corrected chi connectivity index (χ3v) is 3.48. The molecule has 1 heterocycles. The third-order valence-electron chi connectivity index (χ3n) is 2.92. The number of carbonyl (C=O) groups is 1. The van der Waals surface area contributed by atoms with Crippen LogP contribution in [0, 0.1) is 0 Å². The summed E-state index contributed by atoms with van der Waals surface area (Å²) in [4.78, 5) is 10.9.